The highest BCUT2D eigenvalue weighted by Crippen LogP contribution is 2.17. The number of hydrogen-bond acceptors (Lipinski definition) is 4. The van der Waals surface area contributed by atoms with Gasteiger partial charge in [-0.3, -0.25) is 9.89 Å². The molecule has 0 spiro atoms. The van der Waals surface area contributed by atoms with Crippen molar-refractivity contribution in [3.63, 3.8) is 0 Å². The fraction of sp³-hybridized carbons (Fsp3) is 0.182. The molecule has 1 atom stereocenters. The number of aromatic nitrogens is 3. The topological polar surface area (TPSA) is 93.6 Å². The van der Waals surface area contributed by atoms with Gasteiger partial charge in [-0.15, -0.1) is 0 Å². The molecule has 0 saturated heterocycles. The lowest BCUT2D eigenvalue weighted by Gasteiger charge is -2.07. The van der Waals surface area contributed by atoms with Gasteiger partial charge in [0, 0.05) is 5.92 Å². The second kappa shape index (κ2) is 5.18. The van der Waals surface area contributed by atoms with Gasteiger partial charge in [-0.2, -0.15) is 5.10 Å². The van der Waals surface area contributed by atoms with E-state index in [1.807, 2.05) is 37.3 Å². The zero-order valence-corrected chi connectivity index (χ0v) is 9.05. The molecule has 1 aromatic carbocycles. The number of rotatable bonds is 3. The third-order valence-corrected chi connectivity index (χ3v) is 2.34. The van der Waals surface area contributed by atoms with Crippen molar-refractivity contribution < 1.29 is 4.79 Å². The minimum Gasteiger partial charge on any atom is -0.344 e. The maximum atomic E-state index is 11.9. The molecule has 0 fully saturated rings. The van der Waals surface area contributed by atoms with Crippen LogP contribution in [0.5, 0.6) is 0 Å². The molecule has 0 aliphatic heterocycles. The smallest absolute Gasteiger partial charge is 0.206 e. The van der Waals surface area contributed by atoms with Crippen LogP contribution in [0.1, 0.15) is 29.0 Å². The number of carbonyl (C=O) groups is 1. The fourth-order valence-corrected chi connectivity index (χ4v) is 1.42. The van der Waals surface area contributed by atoms with Gasteiger partial charge in [-0.25, -0.2) is 4.98 Å². The second-order valence-corrected chi connectivity index (χ2v) is 3.33. The van der Waals surface area contributed by atoms with Crippen molar-refractivity contribution in [3.8, 4) is 0 Å². The van der Waals surface area contributed by atoms with Crippen LogP contribution in [-0.4, -0.2) is 21.0 Å². The molecule has 0 aliphatic rings. The molecule has 0 aliphatic carbocycles. The number of H-pyrrole nitrogens is 1. The third kappa shape index (κ3) is 2.32. The maximum Gasteiger partial charge on any atom is 0.206 e. The van der Waals surface area contributed by atoms with Crippen molar-refractivity contribution in [1.29, 1.82) is 0 Å². The highest BCUT2D eigenvalue weighted by atomic mass is 16.1. The van der Waals surface area contributed by atoms with Gasteiger partial charge in [-0.1, -0.05) is 37.3 Å². The van der Waals surface area contributed by atoms with E-state index in [0.29, 0.717) is 5.82 Å². The highest BCUT2D eigenvalue weighted by Gasteiger charge is 2.18. The number of nitrogens with one attached hydrogen (secondary N) is 1. The number of hydrogen-bond donors (Lipinski definition) is 2. The first-order valence-corrected chi connectivity index (χ1v) is 4.73. The Labute approximate surface area is 93.5 Å². The minimum absolute atomic E-state index is 0. The van der Waals surface area contributed by atoms with E-state index >= 15 is 0 Å². The molecule has 16 heavy (non-hydrogen) atoms. The SMILES string of the molecule is CC(C(=O)c1ncn[nH]1)c1ccccc1.N. The lowest BCUT2D eigenvalue weighted by Crippen LogP contribution is -2.11. The average Bonchev–Trinajstić information content (AvgIpc) is 2.82. The van der Waals surface area contributed by atoms with Crippen LogP contribution in [0.25, 0.3) is 0 Å². The molecule has 1 aromatic heterocycles. The molecule has 0 radical (unpaired) electrons. The average molecular weight is 218 g/mol. The molecule has 84 valence electrons. The number of nitrogens with zero attached hydrogens (tertiary/aromatic N) is 2. The van der Waals surface area contributed by atoms with Crippen LogP contribution in [0.4, 0.5) is 0 Å². The first-order chi connectivity index (χ1) is 7.29. The van der Waals surface area contributed by atoms with Crippen LogP contribution in [0.3, 0.4) is 0 Å². The molecule has 4 N–H and O–H groups in total. The largest absolute Gasteiger partial charge is 0.344 e. The van der Waals surface area contributed by atoms with Gasteiger partial charge in [0.05, 0.1) is 0 Å². The Morgan fingerprint density at radius 3 is 2.56 bits per heavy atom. The lowest BCUT2D eigenvalue weighted by atomic mass is 9.96. The van der Waals surface area contributed by atoms with Gasteiger partial charge >= 0.3 is 0 Å². The van der Waals surface area contributed by atoms with Crippen LogP contribution >= 0.6 is 0 Å². The molecule has 0 bridgehead atoms. The monoisotopic (exact) mass is 218 g/mol. The maximum absolute atomic E-state index is 11.9. The Kier molecular flexibility index (Phi) is 3.90. The van der Waals surface area contributed by atoms with Crippen molar-refractivity contribution >= 4 is 5.78 Å². The van der Waals surface area contributed by atoms with E-state index < -0.39 is 0 Å². The summed E-state index contributed by atoms with van der Waals surface area (Å²) in [4.78, 5) is 15.7. The summed E-state index contributed by atoms with van der Waals surface area (Å²) in [5.74, 6) is 0.0733. The van der Waals surface area contributed by atoms with E-state index in [-0.39, 0.29) is 17.9 Å². The number of aromatic amines is 1. The van der Waals surface area contributed by atoms with Gasteiger partial charge in [0.2, 0.25) is 5.78 Å². The van der Waals surface area contributed by atoms with Crippen molar-refractivity contribution in [3.05, 3.63) is 48.0 Å². The van der Waals surface area contributed by atoms with Crippen LogP contribution in [0, 0.1) is 0 Å². The van der Waals surface area contributed by atoms with E-state index in [9.17, 15) is 4.79 Å². The van der Waals surface area contributed by atoms with Crippen molar-refractivity contribution in [2.24, 2.45) is 0 Å². The van der Waals surface area contributed by atoms with Crippen LogP contribution in [-0.2, 0) is 0 Å². The quantitative estimate of drug-likeness (QED) is 0.770. The normalized spacial score (nSPS) is 11.6. The summed E-state index contributed by atoms with van der Waals surface area (Å²) in [5, 5.41) is 6.24. The number of Topliss-reactive ketones (excluding diaryl/α,β-unsaturated/α-hetero) is 1. The molecule has 1 unspecified atom stereocenters. The van der Waals surface area contributed by atoms with E-state index in [4.69, 9.17) is 0 Å². The molecule has 0 amide bonds. The molecule has 5 heteroatoms. The summed E-state index contributed by atoms with van der Waals surface area (Å²) in [6.45, 7) is 1.86. The van der Waals surface area contributed by atoms with Gasteiger partial charge in [0.1, 0.15) is 6.33 Å². The van der Waals surface area contributed by atoms with Crippen LogP contribution in [0.2, 0.25) is 0 Å². The van der Waals surface area contributed by atoms with E-state index in [1.54, 1.807) is 0 Å². The van der Waals surface area contributed by atoms with Crippen molar-refractivity contribution in [1.82, 2.24) is 21.3 Å². The molecular weight excluding hydrogens is 204 g/mol. The minimum atomic E-state index is -0.195. The van der Waals surface area contributed by atoms with E-state index in [1.165, 1.54) is 6.33 Å². The van der Waals surface area contributed by atoms with Crippen molar-refractivity contribution in [2.75, 3.05) is 0 Å². The predicted octanol–water partition coefficient (Wildman–Crippen LogP) is 1.95. The summed E-state index contributed by atoms with van der Waals surface area (Å²) >= 11 is 0. The Morgan fingerprint density at radius 2 is 2.00 bits per heavy atom. The van der Waals surface area contributed by atoms with Crippen LogP contribution in [0.15, 0.2) is 36.7 Å². The Bertz CT molecular complexity index is 438. The van der Waals surface area contributed by atoms with Gasteiger partial charge in [-0.05, 0) is 5.56 Å². The number of benzene rings is 1. The zero-order valence-electron chi connectivity index (χ0n) is 9.05. The molecule has 1 heterocycles. The molecule has 0 saturated carbocycles. The Balaban J connectivity index is 0.00000128. The summed E-state index contributed by atoms with van der Waals surface area (Å²) in [5.41, 5.74) is 0.985. The standard InChI is InChI=1S/C11H11N3O.H3N/c1-8(9-5-3-2-4-6-9)10(15)11-12-7-13-14-11;/h2-8H,1H3,(H,12,13,14);1H3. The van der Waals surface area contributed by atoms with E-state index in [0.717, 1.165) is 5.56 Å². The molecule has 2 rings (SSSR count). The first kappa shape index (κ1) is 12.1. The third-order valence-electron chi connectivity index (χ3n) is 2.34. The molecule has 5 nitrogen and oxygen atoms in total. The second-order valence-electron chi connectivity index (χ2n) is 3.33. The summed E-state index contributed by atoms with van der Waals surface area (Å²) < 4.78 is 0. The number of carbonyl (C=O) groups excluding carboxylic acids is 1. The first-order valence-electron chi connectivity index (χ1n) is 4.73. The van der Waals surface area contributed by atoms with Crippen LogP contribution < -0.4 is 6.15 Å². The van der Waals surface area contributed by atoms with E-state index in [2.05, 4.69) is 15.2 Å². The Morgan fingerprint density at radius 1 is 1.31 bits per heavy atom. The number of ketones is 1. The molecule has 2 aromatic rings. The fourth-order valence-electron chi connectivity index (χ4n) is 1.42. The summed E-state index contributed by atoms with van der Waals surface area (Å²) in [6, 6.07) is 9.62. The van der Waals surface area contributed by atoms with Crippen molar-refractivity contribution in [2.45, 2.75) is 12.8 Å². The Hall–Kier alpha value is -2.01. The predicted molar refractivity (Wildman–Crippen MR) is 60.6 cm³/mol. The van der Waals surface area contributed by atoms with Gasteiger partial charge in [0.25, 0.3) is 0 Å². The molecular formula is C11H14N4O. The lowest BCUT2D eigenvalue weighted by molar-refractivity contribution is 0.0956. The highest BCUT2D eigenvalue weighted by molar-refractivity contribution is 5.97. The summed E-state index contributed by atoms with van der Waals surface area (Å²) in [6.07, 6.45) is 1.34. The van der Waals surface area contributed by atoms with Gasteiger partial charge < -0.3 is 6.15 Å². The van der Waals surface area contributed by atoms with Gasteiger partial charge in [0.15, 0.2) is 5.82 Å². The summed E-state index contributed by atoms with van der Waals surface area (Å²) in [7, 11) is 0. The zero-order chi connectivity index (χ0) is 10.7.